The second kappa shape index (κ2) is 7.34. The van der Waals surface area contributed by atoms with Gasteiger partial charge in [-0.15, -0.1) is 0 Å². The first-order valence-electron chi connectivity index (χ1n) is 7.92. The van der Waals surface area contributed by atoms with Gasteiger partial charge in [-0.05, 0) is 30.5 Å². The molecule has 4 rings (SSSR count). The number of ether oxygens (including phenoxy) is 2. The third kappa shape index (κ3) is 3.34. The summed E-state index contributed by atoms with van der Waals surface area (Å²) >= 11 is 9.11. The monoisotopic (exact) mass is 406 g/mol. The van der Waals surface area contributed by atoms with Crippen LogP contribution in [0, 0.1) is 0 Å². The summed E-state index contributed by atoms with van der Waals surface area (Å²) in [5, 5.41) is 0.591. The first kappa shape index (κ1) is 17.5. The molecule has 0 bridgehead atoms. The number of aryl methyl sites for hydroxylation is 1. The molecule has 2 heterocycles. The van der Waals surface area contributed by atoms with Gasteiger partial charge in [0.25, 0.3) is 5.91 Å². The zero-order chi connectivity index (χ0) is 18.1. The minimum Gasteiger partial charge on any atom is -0.454 e. The summed E-state index contributed by atoms with van der Waals surface area (Å²) in [7, 11) is 0. The van der Waals surface area contributed by atoms with Crippen molar-refractivity contribution in [2.45, 2.75) is 6.54 Å². The van der Waals surface area contributed by atoms with Gasteiger partial charge in [0.1, 0.15) is 0 Å². The Balaban J connectivity index is 1.82. The molecule has 2 aromatic carbocycles. The number of hydrogen-bond acceptors (Lipinski definition) is 5. The number of aromatic nitrogens is 1. The predicted molar refractivity (Wildman–Crippen MR) is 106 cm³/mol. The van der Waals surface area contributed by atoms with E-state index < -0.39 is 0 Å². The molecular weight excluding hydrogens is 392 g/mol. The predicted octanol–water partition coefficient (Wildman–Crippen LogP) is 4.19. The van der Waals surface area contributed by atoms with Crippen LogP contribution in [-0.4, -0.2) is 29.3 Å². The highest BCUT2D eigenvalue weighted by atomic mass is 35.5. The largest absolute Gasteiger partial charge is 0.454 e. The third-order valence-electron chi connectivity index (χ3n) is 3.98. The Morgan fingerprint density at radius 2 is 2.00 bits per heavy atom. The van der Waals surface area contributed by atoms with Gasteiger partial charge in [-0.3, -0.25) is 4.79 Å². The summed E-state index contributed by atoms with van der Waals surface area (Å²) in [6.45, 7) is 0.997. The fraction of sp³-hybridized carbons (Fsp3) is 0.222. The van der Waals surface area contributed by atoms with Crippen LogP contribution in [0.25, 0.3) is 10.2 Å². The summed E-state index contributed by atoms with van der Waals surface area (Å²) in [6, 6.07) is 10.7. The van der Waals surface area contributed by atoms with E-state index in [9.17, 15) is 4.79 Å². The lowest BCUT2D eigenvalue weighted by Crippen LogP contribution is -2.18. The second-order valence-corrected chi connectivity index (χ2v) is 8.06. The molecule has 0 radical (unpaired) electrons. The average molecular weight is 407 g/mol. The number of nitrogens with zero attached hydrogens (tertiary/aromatic N) is 2. The number of benzene rings is 2. The molecule has 1 aliphatic rings. The summed E-state index contributed by atoms with van der Waals surface area (Å²) < 4.78 is 14.0. The lowest BCUT2D eigenvalue weighted by atomic mass is 10.2. The molecule has 0 unspecified atom stereocenters. The number of thiazole rings is 1. The summed E-state index contributed by atoms with van der Waals surface area (Å²) in [5.41, 5.74) is 1.51. The maximum absolute atomic E-state index is 12.6. The fourth-order valence-corrected chi connectivity index (χ4v) is 4.24. The maximum atomic E-state index is 12.6. The number of carbonyl (C=O) groups is 1. The smallest absolute Gasteiger partial charge is 0.279 e. The van der Waals surface area contributed by atoms with Crippen LogP contribution in [0.2, 0.25) is 5.02 Å². The zero-order valence-electron chi connectivity index (χ0n) is 13.9. The van der Waals surface area contributed by atoms with E-state index in [1.165, 1.54) is 11.3 Å². The van der Waals surface area contributed by atoms with Crippen molar-refractivity contribution in [1.82, 2.24) is 4.57 Å². The van der Waals surface area contributed by atoms with E-state index in [0.29, 0.717) is 15.4 Å². The molecule has 0 saturated carbocycles. The normalized spacial score (nSPS) is 13.5. The molecule has 8 heteroatoms. The van der Waals surface area contributed by atoms with E-state index in [1.54, 1.807) is 36.0 Å². The van der Waals surface area contributed by atoms with Crippen molar-refractivity contribution in [3.05, 3.63) is 51.8 Å². The van der Waals surface area contributed by atoms with E-state index in [2.05, 4.69) is 15.8 Å². The van der Waals surface area contributed by atoms with Crippen molar-refractivity contribution in [1.29, 1.82) is 0 Å². The number of amides is 1. The van der Waals surface area contributed by atoms with E-state index >= 15 is 0 Å². The van der Waals surface area contributed by atoms with Gasteiger partial charge in [0.15, 0.2) is 16.3 Å². The van der Waals surface area contributed by atoms with Crippen molar-refractivity contribution >= 4 is 50.8 Å². The highest BCUT2D eigenvalue weighted by Crippen LogP contribution is 2.37. The Hall–Kier alpha value is -1.96. The topological polar surface area (TPSA) is 52.8 Å². The molecule has 134 valence electrons. The van der Waals surface area contributed by atoms with E-state index in [1.807, 2.05) is 12.1 Å². The third-order valence-corrected chi connectivity index (χ3v) is 5.87. The molecule has 26 heavy (non-hydrogen) atoms. The lowest BCUT2D eigenvalue weighted by Gasteiger charge is -2.04. The van der Waals surface area contributed by atoms with Crippen molar-refractivity contribution in [3.8, 4) is 11.5 Å². The van der Waals surface area contributed by atoms with Crippen LogP contribution in [0.4, 0.5) is 0 Å². The van der Waals surface area contributed by atoms with Crippen LogP contribution in [-0.2, 0) is 6.54 Å². The van der Waals surface area contributed by atoms with Gasteiger partial charge in [0.2, 0.25) is 6.79 Å². The minimum atomic E-state index is -0.286. The Labute approximate surface area is 163 Å². The first-order chi connectivity index (χ1) is 12.7. The summed E-state index contributed by atoms with van der Waals surface area (Å²) in [5.74, 6) is 2.09. The Morgan fingerprint density at radius 3 is 2.73 bits per heavy atom. The molecule has 0 N–H and O–H groups in total. The SMILES string of the molecule is CSCCn1c(=NC(=O)c2ccc(Cl)cc2)sc2cc3c(cc21)OCO3. The average Bonchev–Trinajstić information content (AvgIpc) is 3.22. The van der Waals surface area contributed by atoms with Gasteiger partial charge in [-0.2, -0.15) is 16.8 Å². The first-order valence-corrected chi connectivity index (χ1v) is 10.5. The molecule has 0 saturated heterocycles. The van der Waals surface area contributed by atoms with Gasteiger partial charge >= 0.3 is 0 Å². The van der Waals surface area contributed by atoms with Crippen LogP contribution in [0.3, 0.4) is 0 Å². The molecule has 1 aromatic heterocycles. The summed E-state index contributed by atoms with van der Waals surface area (Å²) in [4.78, 5) is 17.6. The second-order valence-electron chi connectivity index (χ2n) is 5.63. The van der Waals surface area contributed by atoms with Crippen LogP contribution in [0.5, 0.6) is 11.5 Å². The van der Waals surface area contributed by atoms with Crippen LogP contribution in [0.1, 0.15) is 10.4 Å². The highest BCUT2D eigenvalue weighted by molar-refractivity contribution is 7.98. The Bertz CT molecular complexity index is 1040. The van der Waals surface area contributed by atoms with Crippen LogP contribution in [0.15, 0.2) is 41.4 Å². The molecule has 0 atom stereocenters. The van der Waals surface area contributed by atoms with E-state index in [-0.39, 0.29) is 12.7 Å². The molecule has 5 nitrogen and oxygen atoms in total. The van der Waals surface area contributed by atoms with Crippen molar-refractivity contribution in [3.63, 3.8) is 0 Å². The standard InChI is InChI=1S/C18H15ClN2O3S2/c1-25-7-6-21-13-8-14-15(24-10-23-14)9-16(13)26-18(21)20-17(22)11-2-4-12(19)5-3-11/h2-5,8-9H,6-7,10H2,1H3. The lowest BCUT2D eigenvalue weighted by molar-refractivity contribution is 0.0998. The van der Waals surface area contributed by atoms with Crippen molar-refractivity contribution in [2.75, 3.05) is 18.8 Å². The maximum Gasteiger partial charge on any atom is 0.279 e. The van der Waals surface area contributed by atoms with Gasteiger partial charge in [0, 0.05) is 35.0 Å². The number of thioether (sulfide) groups is 1. The Morgan fingerprint density at radius 1 is 1.27 bits per heavy atom. The van der Waals surface area contributed by atoms with Crippen molar-refractivity contribution in [2.24, 2.45) is 4.99 Å². The Kier molecular flexibility index (Phi) is 4.93. The van der Waals surface area contributed by atoms with Crippen LogP contribution < -0.4 is 14.3 Å². The molecule has 1 aliphatic heterocycles. The number of fused-ring (bicyclic) bond motifs is 2. The number of halogens is 1. The van der Waals surface area contributed by atoms with Gasteiger partial charge < -0.3 is 14.0 Å². The van der Waals surface area contributed by atoms with E-state index in [0.717, 1.165) is 34.0 Å². The quantitative estimate of drug-likeness (QED) is 0.652. The van der Waals surface area contributed by atoms with Crippen LogP contribution >= 0.6 is 34.7 Å². The number of rotatable bonds is 4. The molecule has 0 spiro atoms. The van der Waals surface area contributed by atoms with E-state index in [4.69, 9.17) is 21.1 Å². The summed E-state index contributed by atoms with van der Waals surface area (Å²) in [6.07, 6.45) is 2.06. The molecular formula is C18H15ClN2O3S2. The van der Waals surface area contributed by atoms with Gasteiger partial charge in [-0.1, -0.05) is 22.9 Å². The molecule has 0 aliphatic carbocycles. The fourth-order valence-electron chi connectivity index (χ4n) is 2.69. The number of carbonyl (C=O) groups excluding carboxylic acids is 1. The molecule has 0 fully saturated rings. The van der Waals surface area contributed by atoms with Crippen molar-refractivity contribution < 1.29 is 14.3 Å². The van der Waals surface area contributed by atoms with Gasteiger partial charge in [-0.25, -0.2) is 0 Å². The number of hydrogen-bond donors (Lipinski definition) is 0. The van der Waals surface area contributed by atoms with Gasteiger partial charge in [0.05, 0.1) is 10.2 Å². The molecule has 3 aromatic rings. The highest BCUT2D eigenvalue weighted by Gasteiger charge is 2.18. The zero-order valence-corrected chi connectivity index (χ0v) is 16.3. The minimum absolute atomic E-state index is 0.240. The molecule has 1 amide bonds.